The summed E-state index contributed by atoms with van der Waals surface area (Å²) in [6, 6.07) is 5.33. The van der Waals surface area contributed by atoms with E-state index in [1.807, 2.05) is 58.0 Å². The Balaban J connectivity index is 3.16. The highest BCUT2D eigenvalue weighted by Gasteiger charge is 2.33. The molecule has 0 saturated carbocycles. The molecule has 6 atom stereocenters. The van der Waals surface area contributed by atoms with Gasteiger partial charge in [-0.15, -0.1) is 0 Å². The van der Waals surface area contributed by atoms with Crippen LogP contribution in [0.25, 0.3) is 0 Å². The van der Waals surface area contributed by atoms with Gasteiger partial charge in [0.2, 0.25) is 17.7 Å². The van der Waals surface area contributed by atoms with Crippen LogP contribution in [0.2, 0.25) is 0 Å². The highest BCUT2D eigenvalue weighted by Crippen LogP contribution is 2.13. The predicted molar refractivity (Wildman–Crippen MR) is 135 cm³/mol. The van der Waals surface area contributed by atoms with Crippen LogP contribution >= 0.6 is 0 Å². The van der Waals surface area contributed by atoms with Crippen LogP contribution < -0.4 is 21.7 Å². The van der Waals surface area contributed by atoms with Crippen LogP contribution in [0.1, 0.15) is 59.9 Å². The van der Waals surface area contributed by atoms with Gasteiger partial charge >= 0.3 is 5.97 Å². The van der Waals surface area contributed by atoms with Gasteiger partial charge in [0.1, 0.15) is 18.1 Å². The minimum Gasteiger partial charge on any atom is -0.480 e. The first-order valence-corrected chi connectivity index (χ1v) is 12.4. The molecule has 0 radical (unpaired) electrons. The van der Waals surface area contributed by atoms with E-state index in [4.69, 9.17) is 5.73 Å². The highest BCUT2D eigenvalue weighted by molar-refractivity contribution is 5.94. The first kappa shape index (κ1) is 30.1. The summed E-state index contributed by atoms with van der Waals surface area (Å²) in [4.78, 5) is 50.8. The number of amides is 3. The molecule has 196 valence electrons. The summed E-state index contributed by atoms with van der Waals surface area (Å²) in [5, 5.41) is 17.6. The summed E-state index contributed by atoms with van der Waals surface area (Å²) in [6.45, 7) is 10.9. The SMILES string of the molecule is CCC(C)C(N)C(=O)NC(C(=O)NC(Cc1ccccc1)C(=O)NC(C(=O)O)C(C)C)C(C)CC. The maximum atomic E-state index is 13.3. The van der Waals surface area contributed by atoms with Gasteiger partial charge < -0.3 is 26.8 Å². The first-order valence-electron chi connectivity index (χ1n) is 12.4. The molecule has 0 aliphatic carbocycles. The zero-order valence-electron chi connectivity index (χ0n) is 21.7. The van der Waals surface area contributed by atoms with Crippen LogP contribution in [0.15, 0.2) is 30.3 Å². The third kappa shape index (κ3) is 9.32. The average Bonchev–Trinajstić information content (AvgIpc) is 2.83. The van der Waals surface area contributed by atoms with Crippen LogP contribution in [0.5, 0.6) is 0 Å². The van der Waals surface area contributed by atoms with Crippen LogP contribution in [-0.4, -0.2) is 53.0 Å². The summed E-state index contributed by atoms with van der Waals surface area (Å²) >= 11 is 0. The molecule has 1 rings (SSSR count). The second-order valence-electron chi connectivity index (χ2n) is 9.60. The molecule has 6 unspecified atom stereocenters. The topological polar surface area (TPSA) is 151 Å². The molecular weight excluding hydrogens is 448 g/mol. The van der Waals surface area contributed by atoms with Crippen molar-refractivity contribution in [3.8, 4) is 0 Å². The Kier molecular flexibility index (Phi) is 12.4. The summed E-state index contributed by atoms with van der Waals surface area (Å²) < 4.78 is 0. The molecule has 0 aromatic heterocycles. The number of benzene rings is 1. The second kappa shape index (κ2) is 14.5. The van der Waals surface area contributed by atoms with Gasteiger partial charge in [-0.3, -0.25) is 14.4 Å². The number of carbonyl (C=O) groups excluding carboxylic acids is 3. The van der Waals surface area contributed by atoms with Gasteiger partial charge in [-0.05, 0) is 23.3 Å². The van der Waals surface area contributed by atoms with Crippen molar-refractivity contribution in [1.82, 2.24) is 16.0 Å². The van der Waals surface area contributed by atoms with E-state index in [-0.39, 0.29) is 24.2 Å². The lowest BCUT2D eigenvalue weighted by Gasteiger charge is -2.29. The van der Waals surface area contributed by atoms with Crippen molar-refractivity contribution in [2.24, 2.45) is 23.5 Å². The first-order chi connectivity index (χ1) is 16.4. The van der Waals surface area contributed by atoms with Crippen molar-refractivity contribution < 1.29 is 24.3 Å². The second-order valence-corrected chi connectivity index (χ2v) is 9.60. The number of aliphatic carboxylic acids is 1. The summed E-state index contributed by atoms with van der Waals surface area (Å²) in [5.74, 6) is -3.32. The Morgan fingerprint density at radius 3 is 1.83 bits per heavy atom. The largest absolute Gasteiger partial charge is 0.480 e. The average molecular weight is 491 g/mol. The van der Waals surface area contributed by atoms with Crippen molar-refractivity contribution in [2.75, 3.05) is 0 Å². The standard InChI is InChI=1S/C26H42N4O5/c1-7-16(5)20(27)24(32)30-22(17(6)8-2)25(33)28-19(14-18-12-10-9-11-13-18)23(31)29-21(15(3)4)26(34)35/h9-13,15-17,19-22H,7-8,14,27H2,1-6H3,(H,28,33)(H,29,31)(H,30,32)(H,34,35). The number of hydrogen-bond donors (Lipinski definition) is 5. The third-order valence-corrected chi connectivity index (χ3v) is 6.50. The summed E-state index contributed by atoms with van der Waals surface area (Å²) in [5.41, 5.74) is 6.86. The quantitative estimate of drug-likeness (QED) is 0.268. The maximum Gasteiger partial charge on any atom is 0.326 e. The van der Waals surface area contributed by atoms with Gasteiger partial charge in [0, 0.05) is 6.42 Å². The van der Waals surface area contributed by atoms with Crippen molar-refractivity contribution >= 4 is 23.7 Å². The smallest absolute Gasteiger partial charge is 0.326 e. The Labute approximate surface area is 208 Å². The maximum absolute atomic E-state index is 13.3. The van der Waals surface area contributed by atoms with Crippen molar-refractivity contribution in [3.63, 3.8) is 0 Å². The fourth-order valence-corrected chi connectivity index (χ4v) is 3.55. The van der Waals surface area contributed by atoms with Gasteiger partial charge in [-0.2, -0.15) is 0 Å². The van der Waals surface area contributed by atoms with Crippen LogP contribution in [0, 0.1) is 17.8 Å². The van der Waals surface area contributed by atoms with E-state index in [1.165, 1.54) is 0 Å². The van der Waals surface area contributed by atoms with Gasteiger partial charge in [-0.1, -0.05) is 84.7 Å². The molecule has 6 N–H and O–H groups in total. The molecule has 9 heteroatoms. The highest BCUT2D eigenvalue weighted by atomic mass is 16.4. The Bertz CT molecular complexity index is 845. The molecule has 0 aliphatic rings. The molecule has 1 aromatic carbocycles. The molecule has 9 nitrogen and oxygen atoms in total. The Morgan fingerprint density at radius 1 is 0.800 bits per heavy atom. The lowest BCUT2D eigenvalue weighted by Crippen LogP contribution is -2.59. The van der Waals surface area contributed by atoms with E-state index in [2.05, 4.69) is 16.0 Å². The molecule has 0 aliphatic heterocycles. The zero-order chi connectivity index (χ0) is 26.7. The molecule has 1 aromatic rings. The van der Waals surface area contributed by atoms with E-state index in [1.54, 1.807) is 13.8 Å². The number of carboxylic acids is 1. The van der Waals surface area contributed by atoms with Crippen LogP contribution in [0.4, 0.5) is 0 Å². The summed E-state index contributed by atoms with van der Waals surface area (Å²) in [6.07, 6.45) is 1.49. The number of carboxylic acid groups (broad SMARTS) is 1. The van der Waals surface area contributed by atoms with Gasteiger partial charge in [-0.25, -0.2) is 4.79 Å². The van der Waals surface area contributed by atoms with Crippen molar-refractivity contribution in [2.45, 2.75) is 85.0 Å². The molecule has 0 heterocycles. The van der Waals surface area contributed by atoms with E-state index in [0.29, 0.717) is 12.8 Å². The Hall–Kier alpha value is -2.94. The molecule has 3 amide bonds. The van der Waals surface area contributed by atoms with E-state index in [9.17, 15) is 24.3 Å². The number of carbonyl (C=O) groups is 4. The van der Waals surface area contributed by atoms with Gasteiger partial charge in [0.15, 0.2) is 0 Å². The lowest BCUT2D eigenvalue weighted by molar-refractivity contribution is -0.143. The molecule has 0 saturated heterocycles. The van der Waals surface area contributed by atoms with E-state index in [0.717, 1.165) is 5.56 Å². The molecule has 0 fully saturated rings. The minimum atomic E-state index is -1.15. The summed E-state index contributed by atoms with van der Waals surface area (Å²) in [7, 11) is 0. The monoisotopic (exact) mass is 490 g/mol. The molecule has 0 bridgehead atoms. The number of nitrogens with two attached hydrogens (primary N) is 1. The minimum absolute atomic E-state index is 0.0590. The van der Waals surface area contributed by atoms with E-state index < -0.39 is 47.9 Å². The van der Waals surface area contributed by atoms with Crippen LogP contribution in [-0.2, 0) is 25.6 Å². The predicted octanol–water partition coefficient (Wildman–Crippen LogP) is 1.84. The fourth-order valence-electron chi connectivity index (χ4n) is 3.55. The Morgan fingerprint density at radius 2 is 1.34 bits per heavy atom. The third-order valence-electron chi connectivity index (χ3n) is 6.50. The normalized spacial score (nSPS) is 16.3. The fraction of sp³-hybridized carbons (Fsp3) is 0.615. The number of nitrogens with one attached hydrogen (secondary N) is 3. The molecule has 0 spiro atoms. The molecule has 35 heavy (non-hydrogen) atoms. The van der Waals surface area contributed by atoms with Crippen molar-refractivity contribution in [1.29, 1.82) is 0 Å². The van der Waals surface area contributed by atoms with E-state index >= 15 is 0 Å². The molecular formula is C26H42N4O5. The lowest BCUT2D eigenvalue weighted by atomic mass is 9.95. The number of hydrogen-bond acceptors (Lipinski definition) is 5. The zero-order valence-corrected chi connectivity index (χ0v) is 21.7. The van der Waals surface area contributed by atoms with Gasteiger partial charge in [0.05, 0.1) is 6.04 Å². The van der Waals surface area contributed by atoms with Gasteiger partial charge in [0.25, 0.3) is 0 Å². The van der Waals surface area contributed by atoms with Crippen molar-refractivity contribution in [3.05, 3.63) is 35.9 Å². The number of rotatable bonds is 14. The van der Waals surface area contributed by atoms with Crippen LogP contribution in [0.3, 0.4) is 0 Å².